The van der Waals surface area contributed by atoms with E-state index >= 15 is 4.39 Å². The Hall–Kier alpha value is -6.24. The second-order valence-electron chi connectivity index (χ2n) is 20.2. The number of nitrogens with zero attached hydrogens (tertiary/aromatic N) is 3. The maximum atomic E-state index is 15.3. The van der Waals surface area contributed by atoms with Crippen molar-refractivity contribution in [2.75, 3.05) is 0 Å². The standard InChI is InChI=1S/C46H42FN2OSi.C15H16N.Ir/c1-28(2)37-24-33(30-14-9-8-10-15-30)25-38(29(3)4)44(37)49-41-19-12-11-18-40(41)48-46(49)36-17-13-16-35-34-22-20-32(27-42(34)50-45(35)36)31-21-23-43(39(47)26-31)51(5,6)7;1-15(2,3)13-9-10-16-14(11-13)12-7-5-4-6-8-12;/h8-16,18-29H,1-7H3;4-7,9-11H,1-3H3;/q2*-1;. The Balaban J connectivity index is 0.000000312. The molecule has 0 saturated carbocycles. The average Bonchev–Trinajstić information content (AvgIpc) is 3.89. The van der Waals surface area contributed by atoms with E-state index in [1.807, 2.05) is 60.8 Å². The van der Waals surface area contributed by atoms with Crippen molar-refractivity contribution < 1.29 is 28.9 Å². The minimum atomic E-state index is -1.79. The van der Waals surface area contributed by atoms with E-state index in [2.05, 4.69) is 181 Å². The van der Waals surface area contributed by atoms with Crippen molar-refractivity contribution in [2.45, 2.75) is 85.4 Å². The molecular formula is C61H58FIrN3OSi-2. The van der Waals surface area contributed by atoms with Crippen LogP contribution in [0.4, 0.5) is 4.39 Å². The second-order valence-corrected chi connectivity index (χ2v) is 25.3. The van der Waals surface area contributed by atoms with E-state index < -0.39 is 8.07 Å². The smallest absolute Gasteiger partial charge is 0.123 e. The SMILES string of the molecule is CC(C)(C)c1ccnc(-c2[c-]cccc2)c1.CC(C)c1cc(-c2ccccc2)cc(C(C)C)c1-n1c(-c2[c-]ccc3c2oc2cc(-c4ccc([Si](C)(C)C)c(F)c4)ccc23)nc2ccccc21.[Ir]. The van der Waals surface area contributed by atoms with Crippen molar-refractivity contribution in [3.8, 4) is 50.6 Å². The summed E-state index contributed by atoms with van der Waals surface area (Å²) in [6.45, 7) is 22.2. The predicted molar refractivity (Wildman–Crippen MR) is 282 cm³/mol. The summed E-state index contributed by atoms with van der Waals surface area (Å²) in [5.74, 6) is 1.17. The van der Waals surface area contributed by atoms with Crippen LogP contribution >= 0.6 is 0 Å². The second kappa shape index (κ2) is 19.4. The van der Waals surface area contributed by atoms with E-state index in [4.69, 9.17) is 9.40 Å². The van der Waals surface area contributed by atoms with Crippen LogP contribution in [0.5, 0.6) is 0 Å². The zero-order valence-corrected chi connectivity index (χ0v) is 44.0. The Kier molecular flexibility index (Phi) is 13.8. The fraction of sp³-hybridized carbons (Fsp3) is 0.213. The maximum Gasteiger partial charge on any atom is 0.123 e. The number of imidazole rings is 1. The van der Waals surface area contributed by atoms with Gasteiger partial charge < -0.3 is 14.0 Å². The first-order chi connectivity index (χ1) is 32.1. The molecule has 10 rings (SSSR count). The monoisotopic (exact) mass is 1090 g/mol. The molecule has 0 N–H and O–H groups in total. The van der Waals surface area contributed by atoms with E-state index in [0.29, 0.717) is 0 Å². The molecule has 1 radical (unpaired) electrons. The van der Waals surface area contributed by atoms with Crippen molar-refractivity contribution in [1.29, 1.82) is 0 Å². The van der Waals surface area contributed by atoms with E-state index in [9.17, 15) is 0 Å². The molecule has 7 heteroatoms. The van der Waals surface area contributed by atoms with Crippen molar-refractivity contribution in [2.24, 2.45) is 0 Å². The van der Waals surface area contributed by atoms with Crippen molar-refractivity contribution in [3.63, 3.8) is 0 Å². The number of pyridine rings is 1. The summed E-state index contributed by atoms with van der Waals surface area (Å²) in [5, 5.41) is 2.84. The number of aromatic nitrogens is 3. The molecule has 7 aromatic carbocycles. The van der Waals surface area contributed by atoms with Gasteiger partial charge in [0, 0.05) is 37.4 Å². The van der Waals surface area contributed by atoms with Gasteiger partial charge in [-0.25, -0.2) is 4.39 Å². The van der Waals surface area contributed by atoms with Crippen LogP contribution in [0.2, 0.25) is 19.6 Å². The summed E-state index contributed by atoms with van der Waals surface area (Å²) >= 11 is 0. The number of para-hydroxylation sites is 2. The summed E-state index contributed by atoms with van der Waals surface area (Å²) in [6.07, 6.45) is 1.87. The van der Waals surface area contributed by atoms with Gasteiger partial charge in [0.1, 0.15) is 11.4 Å². The zero-order chi connectivity index (χ0) is 47.2. The number of furan rings is 1. The van der Waals surface area contributed by atoms with E-state index in [1.54, 1.807) is 6.07 Å². The molecule has 10 aromatic rings. The van der Waals surface area contributed by atoms with Crippen LogP contribution in [-0.2, 0) is 25.5 Å². The number of rotatable bonds is 8. The fourth-order valence-electron chi connectivity index (χ4n) is 9.02. The molecule has 3 aromatic heterocycles. The quantitative estimate of drug-likeness (QED) is 0.112. The Bertz CT molecular complexity index is 3370. The van der Waals surface area contributed by atoms with Gasteiger partial charge >= 0.3 is 0 Å². The van der Waals surface area contributed by atoms with E-state index in [-0.39, 0.29) is 43.2 Å². The molecule has 0 bridgehead atoms. The molecule has 0 fully saturated rings. The van der Waals surface area contributed by atoms with Crippen LogP contribution in [0, 0.1) is 17.9 Å². The summed E-state index contributed by atoms with van der Waals surface area (Å²) < 4.78 is 24.4. The van der Waals surface area contributed by atoms with Crippen LogP contribution in [0.15, 0.2) is 162 Å². The topological polar surface area (TPSA) is 43.9 Å². The number of fused-ring (bicyclic) bond motifs is 4. The normalized spacial score (nSPS) is 11.9. The molecule has 3 heterocycles. The molecule has 0 aliphatic heterocycles. The minimum Gasteiger partial charge on any atom is -0.501 e. The molecule has 345 valence electrons. The van der Waals surface area contributed by atoms with Gasteiger partial charge in [0.25, 0.3) is 0 Å². The molecule has 0 aliphatic carbocycles. The third-order valence-electron chi connectivity index (χ3n) is 12.7. The Morgan fingerprint density at radius 1 is 0.647 bits per heavy atom. The summed E-state index contributed by atoms with van der Waals surface area (Å²) in [5.41, 5.74) is 15.6. The predicted octanol–water partition coefficient (Wildman–Crippen LogP) is 16.5. The molecule has 0 amide bonds. The molecule has 0 aliphatic rings. The largest absolute Gasteiger partial charge is 0.501 e. The number of benzene rings is 7. The Labute approximate surface area is 415 Å². The van der Waals surface area contributed by atoms with Crippen LogP contribution in [0.3, 0.4) is 0 Å². The van der Waals surface area contributed by atoms with Crippen molar-refractivity contribution >= 4 is 46.2 Å². The van der Waals surface area contributed by atoms with Gasteiger partial charge in [0.05, 0.1) is 30.5 Å². The first-order valence-corrected chi connectivity index (χ1v) is 26.9. The van der Waals surface area contributed by atoms with Crippen LogP contribution in [0.1, 0.15) is 77.0 Å². The van der Waals surface area contributed by atoms with E-state index in [0.717, 1.165) is 77.6 Å². The molecule has 0 unspecified atom stereocenters. The van der Waals surface area contributed by atoms with Gasteiger partial charge in [-0.3, -0.25) is 4.98 Å². The Morgan fingerprint density at radius 3 is 1.99 bits per heavy atom. The molecule has 0 saturated heterocycles. The number of hydrogen-bond donors (Lipinski definition) is 0. The third kappa shape index (κ3) is 9.58. The summed E-state index contributed by atoms with van der Waals surface area (Å²) in [4.78, 5) is 9.69. The van der Waals surface area contributed by atoms with Gasteiger partial charge in [0.2, 0.25) is 0 Å². The van der Waals surface area contributed by atoms with Crippen molar-refractivity contribution in [1.82, 2.24) is 14.5 Å². The zero-order valence-electron chi connectivity index (χ0n) is 40.6. The van der Waals surface area contributed by atoms with Gasteiger partial charge in [-0.05, 0) is 110 Å². The van der Waals surface area contributed by atoms with Crippen molar-refractivity contribution in [3.05, 3.63) is 192 Å². The molecular weight excluding hydrogens is 1030 g/mol. The Morgan fingerprint density at radius 2 is 1.32 bits per heavy atom. The minimum absolute atomic E-state index is 0. The third-order valence-corrected chi connectivity index (χ3v) is 14.7. The maximum absolute atomic E-state index is 15.3. The first kappa shape index (κ1) is 48.2. The van der Waals surface area contributed by atoms with Crippen LogP contribution in [-0.4, -0.2) is 22.6 Å². The molecule has 4 nitrogen and oxygen atoms in total. The summed E-state index contributed by atoms with van der Waals surface area (Å²) in [7, 11) is -1.79. The van der Waals surface area contributed by atoms with Gasteiger partial charge in [-0.1, -0.05) is 152 Å². The van der Waals surface area contributed by atoms with Gasteiger partial charge in [-0.2, -0.15) is 0 Å². The van der Waals surface area contributed by atoms with Gasteiger partial charge in [0.15, 0.2) is 0 Å². The number of hydrogen-bond acceptors (Lipinski definition) is 3. The number of halogens is 1. The van der Waals surface area contributed by atoms with Crippen LogP contribution < -0.4 is 5.19 Å². The van der Waals surface area contributed by atoms with Gasteiger partial charge in [-0.15, -0.1) is 54.1 Å². The van der Waals surface area contributed by atoms with Crippen LogP contribution in [0.25, 0.3) is 83.6 Å². The molecule has 68 heavy (non-hydrogen) atoms. The fourth-order valence-corrected chi connectivity index (χ4v) is 10.4. The average molecular weight is 1090 g/mol. The molecule has 0 spiro atoms. The summed E-state index contributed by atoms with van der Waals surface area (Å²) in [6, 6.07) is 58.5. The molecule has 0 atom stereocenters. The van der Waals surface area contributed by atoms with E-state index in [1.165, 1.54) is 27.8 Å². The first-order valence-electron chi connectivity index (χ1n) is 23.4.